The van der Waals surface area contributed by atoms with E-state index in [1.54, 1.807) is 18.2 Å². The van der Waals surface area contributed by atoms with Gasteiger partial charge in [0.1, 0.15) is 17.7 Å². The summed E-state index contributed by atoms with van der Waals surface area (Å²) in [7, 11) is 0. The van der Waals surface area contributed by atoms with Gasteiger partial charge in [-0.25, -0.2) is 8.78 Å². The van der Waals surface area contributed by atoms with Crippen molar-refractivity contribution in [1.29, 1.82) is 0 Å². The second-order valence-electron chi connectivity index (χ2n) is 4.88. The van der Waals surface area contributed by atoms with Crippen LogP contribution in [0.3, 0.4) is 0 Å². The van der Waals surface area contributed by atoms with Gasteiger partial charge in [0.25, 0.3) is 0 Å². The number of fused-ring (bicyclic) bond motifs is 1. The Labute approximate surface area is 136 Å². The largest absolute Gasteiger partial charge is 0.484 e. The first-order valence-electron chi connectivity index (χ1n) is 6.60. The van der Waals surface area contributed by atoms with Crippen LogP contribution in [0.2, 0.25) is 10.0 Å². The third-order valence-electron chi connectivity index (χ3n) is 3.46. The van der Waals surface area contributed by atoms with E-state index in [-0.39, 0.29) is 21.7 Å². The van der Waals surface area contributed by atoms with Crippen LogP contribution in [0, 0.1) is 11.6 Å². The lowest BCUT2D eigenvalue weighted by Gasteiger charge is -2.28. The second-order valence-corrected chi connectivity index (χ2v) is 5.64. The van der Waals surface area contributed by atoms with Crippen molar-refractivity contribution >= 4 is 28.9 Å². The molecule has 0 fully saturated rings. The minimum absolute atomic E-state index is 0.0668. The molecule has 0 aromatic heterocycles. The quantitative estimate of drug-likeness (QED) is 0.807. The Morgan fingerprint density at radius 1 is 1.23 bits per heavy atom. The third-order valence-corrected chi connectivity index (χ3v) is 4.20. The Balaban J connectivity index is 2.23. The van der Waals surface area contributed by atoms with Crippen molar-refractivity contribution < 1.29 is 13.5 Å². The van der Waals surface area contributed by atoms with Gasteiger partial charge in [-0.2, -0.15) is 0 Å². The van der Waals surface area contributed by atoms with Crippen molar-refractivity contribution in [3.8, 4) is 16.9 Å². The number of benzene rings is 2. The molecule has 0 amide bonds. The van der Waals surface area contributed by atoms with E-state index in [1.807, 2.05) is 0 Å². The average molecular weight is 345 g/mol. The van der Waals surface area contributed by atoms with Crippen molar-refractivity contribution in [2.24, 2.45) is 5.73 Å². The van der Waals surface area contributed by atoms with Gasteiger partial charge in [0.2, 0.25) is 0 Å². The molecule has 1 aliphatic rings. The van der Waals surface area contributed by atoms with Crippen LogP contribution in [0.25, 0.3) is 11.1 Å². The van der Waals surface area contributed by atoms with Gasteiger partial charge in [0.05, 0.1) is 22.3 Å². The molecule has 22 heavy (non-hydrogen) atoms. The molecule has 0 bridgehead atoms. The lowest BCUT2D eigenvalue weighted by Crippen LogP contribution is -2.37. The predicted octanol–water partition coefficient (Wildman–Crippen LogP) is 4.07. The fourth-order valence-electron chi connectivity index (χ4n) is 2.37. The normalized spacial score (nSPS) is 16.7. The number of hydrogen-bond acceptors (Lipinski definition) is 3. The van der Waals surface area contributed by atoms with E-state index in [9.17, 15) is 8.78 Å². The number of rotatable bonds is 2. The van der Waals surface area contributed by atoms with Gasteiger partial charge < -0.3 is 15.8 Å². The van der Waals surface area contributed by atoms with E-state index in [2.05, 4.69) is 5.32 Å². The molecule has 3 rings (SSSR count). The molecule has 0 radical (unpaired) electrons. The molecule has 1 heterocycles. The summed E-state index contributed by atoms with van der Waals surface area (Å²) in [4.78, 5) is 0. The molecular formula is C15H12Cl2F2N2O. The molecule has 0 saturated heterocycles. The lowest BCUT2D eigenvalue weighted by molar-refractivity contribution is 0.215. The standard InChI is InChI=1S/C15H12Cl2F2N2O/c16-13-9(18)4-10(19)14(17)12(13)8-2-1-3-11-15(8)22-7(5-20)6-21-11/h1-4,7,21H,5-6,20H2/t7-/m1/s1. The van der Waals surface area contributed by atoms with Crippen molar-refractivity contribution in [3.05, 3.63) is 45.9 Å². The highest BCUT2D eigenvalue weighted by molar-refractivity contribution is 6.39. The van der Waals surface area contributed by atoms with Crippen LogP contribution in [0.1, 0.15) is 0 Å². The smallest absolute Gasteiger partial charge is 0.150 e. The van der Waals surface area contributed by atoms with Crippen molar-refractivity contribution in [1.82, 2.24) is 0 Å². The minimum Gasteiger partial charge on any atom is -0.484 e. The molecule has 116 valence electrons. The summed E-state index contributed by atoms with van der Waals surface area (Å²) < 4.78 is 33.4. The Morgan fingerprint density at radius 2 is 1.91 bits per heavy atom. The van der Waals surface area contributed by atoms with Gasteiger partial charge in [-0.1, -0.05) is 35.3 Å². The number of hydrogen-bond donors (Lipinski definition) is 2. The van der Waals surface area contributed by atoms with Crippen molar-refractivity contribution in [2.75, 3.05) is 18.4 Å². The number of para-hydroxylation sites is 1. The van der Waals surface area contributed by atoms with Crippen LogP contribution in [0.15, 0.2) is 24.3 Å². The molecule has 3 nitrogen and oxygen atoms in total. The van der Waals surface area contributed by atoms with E-state index in [0.29, 0.717) is 36.2 Å². The number of halogens is 4. The minimum atomic E-state index is -0.879. The number of nitrogens with one attached hydrogen (secondary N) is 1. The molecule has 7 heteroatoms. The van der Waals surface area contributed by atoms with Gasteiger partial charge in [-0.3, -0.25) is 0 Å². The molecule has 0 spiro atoms. The molecular weight excluding hydrogens is 333 g/mol. The maximum absolute atomic E-state index is 13.8. The Morgan fingerprint density at radius 3 is 2.55 bits per heavy atom. The highest BCUT2D eigenvalue weighted by atomic mass is 35.5. The van der Waals surface area contributed by atoms with E-state index in [1.165, 1.54) is 0 Å². The zero-order chi connectivity index (χ0) is 15.9. The SMILES string of the molecule is NC[C@@H]1CNc2cccc(-c3c(Cl)c(F)cc(F)c3Cl)c2O1. The van der Waals surface area contributed by atoms with E-state index in [4.69, 9.17) is 33.7 Å². The predicted molar refractivity (Wildman–Crippen MR) is 83.8 cm³/mol. The lowest BCUT2D eigenvalue weighted by atomic mass is 10.0. The Kier molecular flexibility index (Phi) is 4.12. The number of ether oxygens (including phenoxy) is 1. The zero-order valence-electron chi connectivity index (χ0n) is 11.3. The van der Waals surface area contributed by atoms with Gasteiger partial charge in [0, 0.05) is 23.7 Å². The highest BCUT2D eigenvalue weighted by Crippen LogP contribution is 2.46. The summed E-state index contributed by atoms with van der Waals surface area (Å²) in [6.45, 7) is 0.853. The van der Waals surface area contributed by atoms with Crippen LogP contribution < -0.4 is 15.8 Å². The molecule has 1 aliphatic heterocycles. The molecule has 1 atom stereocenters. The molecule has 3 N–H and O–H groups in total. The summed E-state index contributed by atoms with van der Waals surface area (Å²) in [5, 5.41) is 2.66. The fourth-order valence-corrected chi connectivity index (χ4v) is 2.92. The van der Waals surface area contributed by atoms with Crippen molar-refractivity contribution in [2.45, 2.75) is 6.10 Å². The molecule has 2 aromatic carbocycles. The monoisotopic (exact) mass is 344 g/mol. The Bertz CT molecular complexity index is 714. The van der Waals surface area contributed by atoms with Gasteiger partial charge in [-0.05, 0) is 6.07 Å². The van der Waals surface area contributed by atoms with Gasteiger partial charge in [-0.15, -0.1) is 0 Å². The number of anilines is 1. The summed E-state index contributed by atoms with van der Waals surface area (Å²) in [5.74, 6) is -1.33. The Hall–Kier alpha value is -1.56. The van der Waals surface area contributed by atoms with Gasteiger partial charge >= 0.3 is 0 Å². The van der Waals surface area contributed by atoms with Crippen LogP contribution in [0.4, 0.5) is 14.5 Å². The second kappa shape index (κ2) is 5.91. The molecule has 0 unspecified atom stereocenters. The van der Waals surface area contributed by atoms with Crippen LogP contribution in [0.5, 0.6) is 5.75 Å². The van der Waals surface area contributed by atoms with E-state index in [0.717, 1.165) is 0 Å². The first kappa shape index (κ1) is 15.3. The van der Waals surface area contributed by atoms with Gasteiger partial charge in [0.15, 0.2) is 5.75 Å². The molecule has 0 saturated carbocycles. The summed E-state index contributed by atoms with van der Waals surface area (Å²) in [5.41, 5.74) is 6.79. The average Bonchev–Trinajstić information content (AvgIpc) is 2.53. The summed E-state index contributed by atoms with van der Waals surface area (Å²) in [6.07, 6.45) is -0.246. The maximum atomic E-state index is 13.8. The molecule has 2 aromatic rings. The summed E-state index contributed by atoms with van der Waals surface area (Å²) >= 11 is 12.0. The molecule has 0 aliphatic carbocycles. The zero-order valence-corrected chi connectivity index (χ0v) is 12.8. The van der Waals surface area contributed by atoms with Crippen LogP contribution >= 0.6 is 23.2 Å². The van der Waals surface area contributed by atoms with Crippen molar-refractivity contribution in [3.63, 3.8) is 0 Å². The fraction of sp³-hybridized carbons (Fsp3) is 0.200. The van der Waals surface area contributed by atoms with Crippen LogP contribution in [-0.2, 0) is 0 Å². The topological polar surface area (TPSA) is 47.3 Å². The first-order valence-corrected chi connectivity index (χ1v) is 7.35. The van der Waals surface area contributed by atoms with Crippen LogP contribution in [-0.4, -0.2) is 19.2 Å². The highest BCUT2D eigenvalue weighted by Gasteiger charge is 2.25. The van der Waals surface area contributed by atoms with E-state index >= 15 is 0 Å². The maximum Gasteiger partial charge on any atom is 0.150 e. The summed E-state index contributed by atoms with van der Waals surface area (Å²) in [6, 6.07) is 5.82. The van der Waals surface area contributed by atoms with E-state index < -0.39 is 11.6 Å². The number of nitrogens with two attached hydrogens (primary N) is 1. The first-order chi connectivity index (χ1) is 10.5. The third kappa shape index (κ3) is 2.49.